The molecular weight excluding hydrogens is 470 g/mol. The molecular formula is C21H28FIN4O. The van der Waals surface area contributed by atoms with E-state index in [-0.39, 0.29) is 41.6 Å². The van der Waals surface area contributed by atoms with Gasteiger partial charge in [-0.2, -0.15) is 0 Å². The fourth-order valence-electron chi connectivity index (χ4n) is 2.44. The highest BCUT2D eigenvalue weighted by Gasteiger charge is 2.10. The van der Waals surface area contributed by atoms with Crippen LogP contribution in [0.5, 0.6) is 0 Å². The quantitative estimate of drug-likeness (QED) is 0.303. The zero-order chi connectivity index (χ0) is 19.6. The van der Waals surface area contributed by atoms with E-state index in [1.807, 2.05) is 38.1 Å². The average Bonchev–Trinajstić information content (AvgIpc) is 2.69. The van der Waals surface area contributed by atoms with Gasteiger partial charge >= 0.3 is 0 Å². The highest BCUT2D eigenvalue weighted by Crippen LogP contribution is 2.13. The molecule has 2 aromatic carbocycles. The first kappa shape index (κ1) is 23.9. The minimum atomic E-state index is -0.245. The van der Waals surface area contributed by atoms with E-state index in [1.165, 1.54) is 6.07 Å². The Morgan fingerprint density at radius 3 is 2.50 bits per heavy atom. The highest BCUT2D eigenvalue weighted by molar-refractivity contribution is 14.0. The summed E-state index contributed by atoms with van der Waals surface area (Å²) in [5, 5.41) is 9.22. The second-order valence-electron chi connectivity index (χ2n) is 6.37. The van der Waals surface area contributed by atoms with Crippen LogP contribution in [0.3, 0.4) is 0 Å². The van der Waals surface area contributed by atoms with Gasteiger partial charge in [-0.05, 0) is 30.2 Å². The maximum atomic E-state index is 13.7. The van der Waals surface area contributed by atoms with E-state index in [0.29, 0.717) is 24.6 Å². The van der Waals surface area contributed by atoms with Gasteiger partial charge in [-0.3, -0.25) is 9.79 Å². The van der Waals surface area contributed by atoms with Crippen LogP contribution < -0.4 is 16.0 Å². The van der Waals surface area contributed by atoms with Crippen molar-refractivity contribution in [3.8, 4) is 0 Å². The van der Waals surface area contributed by atoms with E-state index in [9.17, 15) is 9.18 Å². The molecule has 152 valence electrons. The molecule has 0 fully saturated rings. The number of amides is 1. The zero-order valence-electron chi connectivity index (χ0n) is 16.5. The molecule has 0 spiro atoms. The fraction of sp³-hybridized carbons (Fsp3) is 0.333. The second kappa shape index (κ2) is 12.3. The van der Waals surface area contributed by atoms with Crippen LogP contribution in [-0.2, 0) is 17.9 Å². The molecule has 1 atom stereocenters. The summed E-state index contributed by atoms with van der Waals surface area (Å²) in [5.41, 5.74) is 2.36. The van der Waals surface area contributed by atoms with E-state index in [2.05, 4.69) is 20.9 Å². The third-order valence-corrected chi connectivity index (χ3v) is 4.34. The average molecular weight is 498 g/mol. The number of rotatable bonds is 7. The molecule has 0 radical (unpaired) electrons. The van der Waals surface area contributed by atoms with Gasteiger partial charge in [0, 0.05) is 37.3 Å². The third kappa shape index (κ3) is 7.46. The summed E-state index contributed by atoms with van der Waals surface area (Å²) in [6.07, 6.45) is 0.803. The van der Waals surface area contributed by atoms with E-state index < -0.39 is 0 Å². The number of halogens is 2. The van der Waals surface area contributed by atoms with Crippen molar-refractivity contribution in [2.24, 2.45) is 10.9 Å². The van der Waals surface area contributed by atoms with Gasteiger partial charge in [0.1, 0.15) is 5.82 Å². The third-order valence-electron chi connectivity index (χ3n) is 4.34. The van der Waals surface area contributed by atoms with Gasteiger partial charge in [0.25, 0.3) is 0 Å². The molecule has 0 aliphatic carbocycles. The monoisotopic (exact) mass is 498 g/mol. The lowest BCUT2D eigenvalue weighted by Gasteiger charge is -2.14. The number of carbonyl (C=O) groups excluding carboxylic acids is 1. The molecule has 1 unspecified atom stereocenters. The fourth-order valence-corrected chi connectivity index (χ4v) is 2.44. The van der Waals surface area contributed by atoms with E-state index in [0.717, 1.165) is 17.7 Å². The van der Waals surface area contributed by atoms with E-state index >= 15 is 0 Å². The molecule has 0 aromatic heterocycles. The summed E-state index contributed by atoms with van der Waals surface area (Å²) in [7, 11) is 1.67. The van der Waals surface area contributed by atoms with Crippen LogP contribution in [0.4, 0.5) is 10.1 Å². The molecule has 1 amide bonds. The number of aliphatic imine (C=N–C) groups is 1. The minimum absolute atomic E-state index is 0. The lowest BCUT2D eigenvalue weighted by Crippen LogP contribution is -2.36. The smallest absolute Gasteiger partial charge is 0.227 e. The molecule has 3 N–H and O–H groups in total. The Kier molecular flexibility index (Phi) is 10.5. The standard InChI is InChI=1S/C21H27FN4O.HI/c1-4-15(2)20(27)26-18-10-7-8-16(12-18)13-24-21(23-3)25-14-17-9-5-6-11-19(17)22;/h5-12,15H,4,13-14H2,1-3H3,(H,26,27)(H2,23,24,25);1H. The Morgan fingerprint density at radius 2 is 1.82 bits per heavy atom. The van der Waals surface area contributed by atoms with Gasteiger partial charge in [-0.15, -0.1) is 24.0 Å². The van der Waals surface area contributed by atoms with Gasteiger partial charge in [0.15, 0.2) is 5.96 Å². The van der Waals surface area contributed by atoms with Gasteiger partial charge in [0.05, 0.1) is 0 Å². The summed E-state index contributed by atoms with van der Waals surface area (Å²) in [6, 6.07) is 14.3. The van der Waals surface area contributed by atoms with Crippen LogP contribution >= 0.6 is 24.0 Å². The van der Waals surface area contributed by atoms with Crippen molar-refractivity contribution in [1.29, 1.82) is 0 Å². The van der Waals surface area contributed by atoms with Crippen LogP contribution in [0.2, 0.25) is 0 Å². The molecule has 7 heteroatoms. The van der Waals surface area contributed by atoms with Crippen molar-refractivity contribution in [3.63, 3.8) is 0 Å². The summed E-state index contributed by atoms with van der Waals surface area (Å²) in [6.45, 7) is 4.78. The number of benzene rings is 2. The first-order valence-electron chi connectivity index (χ1n) is 9.11. The Hall–Kier alpha value is -2.16. The van der Waals surface area contributed by atoms with E-state index in [1.54, 1.807) is 25.2 Å². The summed E-state index contributed by atoms with van der Waals surface area (Å²) >= 11 is 0. The molecule has 2 rings (SSSR count). The molecule has 0 saturated heterocycles. The van der Waals surface area contributed by atoms with Crippen LogP contribution in [-0.4, -0.2) is 18.9 Å². The maximum Gasteiger partial charge on any atom is 0.227 e. The number of carbonyl (C=O) groups is 1. The van der Waals surface area contributed by atoms with Gasteiger partial charge < -0.3 is 16.0 Å². The summed E-state index contributed by atoms with van der Waals surface area (Å²) in [4.78, 5) is 16.2. The van der Waals surface area contributed by atoms with Crippen LogP contribution in [0.15, 0.2) is 53.5 Å². The number of nitrogens with zero attached hydrogens (tertiary/aromatic N) is 1. The van der Waals surface area contributed by atoms with E-state index in [4.69, 9.17) is 0 Å². The number of hydrogen-bond acceptors (Lipinski definition) is 2. The van der Waals surface area contributed by atoms with Crippen LogP contribution in [0.25, 0.3) is 0 Å². The molecule has 0 aliphatic rings. The van der Waals surface area contributed by atoms with Crippen molar-refractivity contribution in [1.82, 2.24) is 10.6 Å². The Balaban J connectivity index is 0.00000392. The minimum Gasteiger partial charge on any atom is -0.352 e. The molecule has 5 nitrogen and oxygen atoms in total. The van der Waals surface area contributed by atoms with Crippen molar-refractivity contribution in [2.45, 2.75) is 33.4 Å². The van der Waals surface area contributed by atoms with Crippen molar-refractivity contribution >= 4 is 41.5 Å². The molecule has 0 aliphatic heterocycles. The Bertz CT molecular complexity index is 797. The highest BCUT2D eigenvalue weighted by atomic mass is 127. The molecule has 0 heterocycles. The SMILES string of the molecule is CCC(C)C(=O)Nc1cccc(CNC(=NC)NCc2ccccc2F)c1.I. The van der Waals surface area contributed by atoms with Crippen molar-refractivity contribution in [3.05, 3.63) is 65.5 Å². The molecule has 2 aromatic rings. The molecule has 0 saturated carbocycles. The number of nitrogens with one attached hydrogen (secondary N) is 3. The Labute approximate surface area is 183 Å². The summed E-state index contributed by atoms with van der Waals surface area (Å²) < 4.78 is 13.7. The zero-order valence-corrected chi connectivity index (χ0v) is 18.8. The lowest BCUT2D eigenvalue weighted by atomic mass is 10.1. The largest absolute Gasteiger partial charge is 0.352 e. The van der Waals surface area contributed by atoms with Gasteiger partial charge in [0.2, 0.25) is 5.91 Å². The van der Waals surface area contributed by atoms with Gasteiger partial charge in [-0.1, -0.05) is 44.2 Å². The van der Waals surface area contributed by atoms with Crippen LogP contribution in [0.1, 0.15) is 31.4 Å². The first-order valence-corrected chi connectivity index (χ1v) is 9.11. The molecule has 28 heavy (non-hydrogen) atoms. The number of hydrogen-bond donors (Lipinski definition) is 3. The second-order valence-corrected chi connectivity index (χ2v) is 6.37. The van der Waals surface area contributed by atoms with Gasteiger partial charge in [-0.25, -0.2) is 4.39 Å². The van der Waals surface area contributed by atoms with Crippen LogP contribution in [0, 0.1) is 11.7 Å². The predicted octanol–water partition coefficient (Wildman–Crippen LogP) is 4.29. The van der Waals surface area contributed by atoms with Crippen molar-refractivity contribution < 1.29 is 9.18 Å². The number of guanidine groups is 1. The predicted molar refractivity (Wildman–Crippen MR) is 123 cm³/mol. The first-order chi connectivity index (χ1) is 13.0. The number of anilines is 1. The molecule has 0 bridgehead atoms. The Morgan fingerprint density at radius 1 is 1.11 bits per heavy atom. The lowest BCUT2D eigenvalue weighted by molar-refractivity contribution is -0.119. The maximum absolute atomic E-state index is 13.7. The van der Waals surface area contributed by atoms with Crippen molar-refractivity contribution in [2.75, 3.05) is 12.4 Å². The topological polar surface area (TPSA) is 65.5 Å². The normalized spacial score (nSPS) is 11.9. The summed E-state index contributed by atoms with van der Waals surface area (Å²) in [5.74, 6) is 0.329.